The lowest BCUT2D eigenvalue weighted by molar-refractivity contribution is -0.145. The van der Waals surface area contributed by atoms with Crippen molar-refractivity contribution in [1.82, 2.24) is 19.5 Å². The average Bonchev–Trinajstić information content (AvgIpc) is 3.01. The van der Waals surface area contributed by atoms with Crippen LogP contribution in [0.1, 0.15) is 20.8 Å². The van der Waals surface area contributed by atoms with Crippen LogP contribution < -0.4 is 4.90 Å². The quantitative estimate of drug-likeness (QED) is 0.520. The molecule has 0 radical (unpaired) electrons. The standard InChI is InChI=1S/C20H20IN5O2/c1-13(27)25-8-7-24(19(28)20(25,2)3)15-6-4-5-14(9-15)17-10-16(21)18-11-22-12-23-26(17)18/h4-6,9-12H,7-8H2,1-3H3. The Hall–Kier alpha value is -2.49. The van der Waals surface area contributed by atoms with Crippen molar-refractivity contribution in [1.29, 1.82) is 0 Å². The van der Waals surface area contributed by atoms with Gasteiger partial charge in [0.2, 0.25) is 5.91 Å². The minimum atomic E-state index is -0.871. The van der Waals surface area contributed by atoms with Gasteiger partial charge in [-0.05, 0) is 54.6 Å². The highest BCUT2D eigenvalue weighted by atomic mass is 127. The Morgan fingerprint density at radius 3 is 2.75 bits per heavy atom. The van der Waals surface area contributed by atoms with Gasteiger partial charge >= 0.3 is 0 Å². The summed E-state index contributed by atoms with van der Waals surface area (Å²) in [5.41, 5.74) is 2.80. The van der Waals surface area contributed by atoms with Gasteiger partial charge in [-0.1, -0.05) is 12.1 Å². The summed E-state index contributed by atoms with van der Waals surface area (Å²) in [6.45, 7) is 6.09. The first-order valence-electron chi connectivity index (χ1n) is 8.98. The first-order valence-corrected chi connectivity index (χ1v) is 10.1. The fourth-order valence-corrected chi connectivity index (χ4v) is 4.44. The fraction of sp³-hybridized carbons (Fsp3) is 0.300. The topological polar surface area (TPSA) is 70.8 Å². The molecule has 1 saturated heterocycles. The van der Waals surface area contributed by atoms with E-state index < -0.39 is 5.54 Å². The van der Waals surface area contributed by atoms with Gasteiger partial charge in [-0.25, -0.2) is 9.50 Å². The van der Waals surface area contributed by atoms with E-state index in [1.165, 1.54) is 13.3 Å². The van der Waals surface area contributed by atoms with Crippen LogP contribution in [-0.4, -0.2) is 49.9 Å². The number of hydrogen-bond donors (Lipinski definition) is 0. The molecule has 1 aliphatic rings. The van der Waals surface area contributed by atoms with Gasteiger partial charge in [0, 0.05) is 34.8 Å². The van der Waals surface area contributed by atoms with Crippen LogP contribution in [0.15, 0.2) is 42.9 Å². The lowest BCUT2D eigenvalue weighted by Gasteiger charge is -2.45. The molecule has 8 heteroatoms. The van der Waals surface area contributed by atoms with E-state index >= 15 is 0 Å². The number of aromatic nitrogens is 3. The molecule has 1 aliphatic heterocycles. The third-order valence-corrected chi connectivity index (χ3v) is 6.08. The summed E-state index contributed by atoms with van der Waals surface area (Å²) >= 11 is 2.27. The van der Waals surface area contributed by atoms with E-state index in [9.17, 15) is 9.59 Å². The molecule has 0 saturated carbocycles. The summed E-state index contributed by atoms with van der Waals surface area (Å²) in [5, 5.41) is 4.36. The van der Waals surface area contributed by atoms with E-state index in [0.717, 1.165) is 26.0 Å². The van der Waals surface area contributed by atoms with E-state index in [0.29, 0.717) is 13.1 Å². The monoisotopic (exact) mass is 489 g/mol. The number of anilines is 1. The number of carbonyl (C=O) groups excluding carboxylic acids is 2. The van der Waals surface area contributed by atoms with Crippen molar-refractivity contribution in [2.24, 2.45) is 0 Å². The normalized spacial score (nSPS) is 16.6. The summed E-state index contributed by atoms with van der Waals surface area (Å²) in [6.07, 6.45) is 3.30. The molecule has 28 heavy (non-hydrogen) atoms. The van der Waals surface area contributed by atoms with Crippen LogP contribution in [0.4, 0.5) is 5.69 Å². The predicted molar refractivity (Wildman–Crippen MR) is 115 cm³/mol. The number of rotatable bonds is 2. The number of halogens is 1. The number of amides is 2. The van der Waals surface area contributed by atoms with Crippen molar-refractivity contribution in [2.75, 3.05) is 18.0 Å². The van der Waals surface area contributed by atoms with Crippen molar-refractivity contribution in [2.45, 2.75) is 26.3 Å². The van der Waals surface area contributed by atoms with E-state index in [1.54, 1.807) is 29.8 Å². The molecule has 7 nitrogen and oxygen atoms in total. The van der Waals surface area contributed by atoms with Gasteiger partial charge in [-0.3, -0.25) is 9.59 Å². The molecule has 0 atom stereocenters. The van der Waals surface area contributed by atoms with Crippen molar-refractivity contribution in [3.63, 3.8) is 0 Å². The van der Waals surface area contributed by atoms with Crippen molar-refractivity contribution in [3.05, 3.63) is 46.4 Å². The Labute approximate surface area is 176 Å². The molecule has 2 aromatic heterocycles. The first kappa shape index (κ1) is 18.9. The maximum atomic E-state index is 13.1. The Morgan fingerprint density at radius 1 is 1.21 bits per heavy atom. The molecule has 0 unspecified atom stereocenters. The third kappa shape index (κ3) is 2.95. The molecule has 0 bridgehead atoms. The van der Waals surface area contributed by atoms with Crippen LogP contribution in [0.3, 0.4) is 0 Å². The Bertz CT molecular complexity index is 1090. The number of piperazine rings is 1. The van der Waals surface area contributed by atoms with E-state index in [-0.39, 0.29) is 11.8 Å². The lowest BCUT2D eigenvalue weighted by Crippen LogP contribution is -2.64. The fourth-order valence-electron chi connectivity index (χ4n) is 3.78. The molecular weight excluding hydrogens is 469 g/mol. The summed E-state index contributed by atoms with van der Waals surface area (Å²) in [7, 11) is 0. The molecule has 3 aromatic rings. The lowest BCUT2D eigenvalue weighted by atomic mass is 9.96. The van der Waals surface area contributed by atoms with Gasteiger partial charge < -0.3 is 9.80 Å². The number of nitrogens with zero attached hydrogens (tertiary/aromatic N) is 5. The SMILES string of the molecule is CC(=O)N1CCN(c2cccc(-c3cc(I)c4cncnn34)c2)C(=O)C1(C)C. The number of benzene rings is 1. The number of carbonyl (C=O) groups is 2. The predicted octanol–water partition coefficient (Wildman–Crippen LogP) is 2.97. The van der Waals surface area contributed by atoms with Crippen LogP contribution in [0, 0.1) is 3.57 Å². The van der Waals surface area contributed by atoms with E-state index in [2.05, 4.69) is 38.7 Å². The molecule has 3 heterocycles. The Morgan fingerprint density at radius 2 is 2.00 bits per heavy atom. The zero-order valence-electron chi connectivity index (χ0n) is 15.9. The number of hydrogen-bond acceptors (Lipinski definition) is 4. The first-order chi connectivity index (χ1) is 13.3. The summed E-state index contributed by atoms with van der Waals surface area (Å²) in [4.78, 5) is 32.5. The maximum absolute atomic E-state index is 13.1. The van der Waals surface area contributed by atoms with Gasteiger partial charge in [0.25, 0.3) is 5.91 Å². The molecule has 1 aromatic carbocycles. The largest absolute Gasteiger partial charge is 0.327 e. The van der Waals surface area contributed by atoms with Gasteiger partial charge in [0.15, 0.2) is 0 Å². The molecular formula is C20H20IN5O2. The highest BCUT2D eigenvalue weighted by molar-refractivity contribution is 14.1. The molecule has 144 valence electrons. The second-order valence-corrected chi connectivity index (χ2v) is 8.48. The average molecular weight is 489 g/mol. The van der Waals surface area contributed by atoms with Crippen molar-refractivity contribution >= 4 is 45.6 Å². The zero-order valence-corrected chi connectivity index (χ0v) is 18.0. The van der Waals surface area contributed by atoms with Crippen LogP contribution in [0.2, 0.25) is 0 Å². The molecule has 0 N–H and O–H groups in total. The molecule has 0 aliphatic carbocycles. The van der Waals surface area contributed by atoms with Crippen molar-refractivity contribution in [3.8, 4) is 11.3 Å². The van der Waals surface area contributed by atoms with Crippen LogP contribution >= 0.6 is 22.6 Å². The summed E-state index contributed by atoms with van der Waals surface area (Å²) < 4.78 is 2.92. The molecule has 4 rings (SSSR count). The molecule has 1 fully saturated rings. The van der Waals surface area contributed by atoms with Gasteiger partial charge in [-0.15, -0.1) is 0 Å². The minimum absolute atomic E-state index is 0.0805. The van der Waals surface area contributed by atoms with Crippen LogP contribution in [0.25, 0.3) is 16.8 Å². The molecule has 2 amide bonds. The highest BCUT2D eigenvalue weighted by Gasteiger charge is 2.43. The Balaban J connectivity index is 1.74. The summed E-state index contributed by atoms with van der Waals surface area (Å²) in [5.74, 6) is -0.163. The van der Waals surface area contributed by atoms with Gasteiger partial charge in [0.1, 0.15) is 11.9 Å². The molecule has 0 spiro atoms. The van der Waals surface area contributed by atoms with E-state index in [4.69, 9.17) is 0 Å². The van der Waals surface area contributed by atoms with E-state index in [1.807, 2.05) is 28.8 Å². The smallest absolute Gasteiger partial charge is 0.252 e. The maximum Gasteiger partial charge on any atom is 0.252 e. The Kier molecular flexibility index (Phi) is 4.60. The third-order valence-electron chi connectivity index (χ3n) is 5.22. The zero-order chi connectivity index (χ0) is 20.1. The van der Waals surface area contributed by atoms with Crippen LogP contribution in [0.5, 0.6) is 0 Å². The van der Waals surface area contributed by atoms with Crippen molar-refractivity contribution < 1.29 is 9.59 Å². The van der Waals surface area contributed by atoms with Gasteiger partial charge in [-0.2, -0.15) is 5.10 Å². The van der Waals surface area contributed by atoms with Gasteiger partial charge in [0.05, 0.1) is 17.4 Å². The van der Waals surface area contributed by atoms with Crippen LogP contribution in [-0.2, 0) is 9.59 Å². The minimum Gasteiger partial charge on any atom is -0.327 e. The summed E-state index contributed by atoms with van der Waals surface area (Å²) in [6, 6.07) is 9.93. The second kappa shape index (κ2) is 6.84. The number of fused-ring (bicyclic) bond motifs is 1. The highest BCUT2D eigenvalue weighted by Crippen LogP contribution is 2.32. The second-order valence-electron chi connectivity index (χ2n) is 7.32.